The van der Waals surface area contributed by atoms with E-state index < -0.39 is 0 Å². The minimum absolute atomic E-state index is 0.0150. The van der Waals surface area contributed by atoms with Gasteiger partial charge in [0.25, 0.3) is 5.91 Å². The molecule has 21 heavy (non-hydrogen) atoms. The van der Waals surface area contributed by atoms with Gasteiger partial charge in [0, 0.05) is 36.8 Å². The molecule has 112 valence electrons. The fourth-order valence-electron chi connectivity index (χ4n) is 2.64. The van der Waals surface area contributed by atoms with Crippen molar-refractivity contribution in [2.24, 2.45) is 0 Å². The lowest BCUT2D eigenvalue weighted by Crippen LogP contribution is -2.51. The molecule has 1 unspecified atom stereocenters. The van der Waals surface area contributed by atoms with Crippen LogP contribution in [0, 0.1) is 11.3 Å². The smallest absolute Gasteiger partial charge is 0.253 e. The van der Waals surface area contributed by atoms with Gasteiger partial charge in [-0.15, -0.1) is 0 Å². The number of amides is 1. The van der Waals surface area contributed by atoms with Crippen LogP contribution in [-0.4, -0.2) is 47.9 Å². The second-order valence-electron chi connectivity index (χ2n) is 5.27. The van der Waals surface area contributed by atoms with E-state index in [0.29, 0.717) is 23.7 Å². The third-order valence-corrected chi connectivity index (χ3v) is 4.06. The zero-order valence-corrected chi connectivity index (χ0v) is 13.0. The van der Waals surface area contributed by atoms with E-state index in [1.54, 1.807) is 24.3 Å². The second-order valence-corrected chi connectivity index (χ2v) is 5.71. The first kappa shape index (κ1) is 15.8. The van der Waals surface area contributed by atoms with Gasteiger partial charge in [-0.25, -0.2) is 0 Å². The number of halogens is 1. The van der Waals surface area contributed by atoms with Gasteiger partial charge in [0.15, 0.2) is 0 Å². The van der Waals surface area contributed by atoms with Crippen molar-refractivity contribution in [3.8, 4) is 6.07 Å². The molecule has 5 heteroatoms. The Morgan fingerprint density at radius 1 is 1.38 bits per heavy atom. The zero-order chi connectivity index (χ0) is 15.2. The van der Waals surface area contributed by atoms with Crippen LogP contribution >= 0.6 is 11.6 Å². The molecule has 0 spiro atoms. The standard InChI is InChI=1S/C16H20ClN3O/c1-2-4-15(12-18)19-7-9-20(10-8-19)16(21)13-5-3-6-14(17)11-13/h3,5-6,11,15H,2,4,7-10H2,1H3. The van der Waals surface area contributed by atoms with E-state index in [4.69, 9.17) is 11.6 Å². The van der Waals surface area contributed by atoms with Crippen LogP contribution in [-0.2, 0) is 0 Å². The summed E-state index contributed by atoms with van der Waals surface area (Å²) < 4.78 is 0. The van der Waals surface area contributed by atoms with Crippen LogP contribution in [0.3, 0.4) is 0 Å². The van der Waals surface area contributed by atoms with Crippen LogP contribution in [0.15, 0.2) is 24.3 Å². The van der Waals surface area contributed by atoms with Crippen LogP contribution in [0.25, 0.3) is 0 Å². The van der Waals surface area contributed by atoms with Gasteiger partial charge in [-0.05, 0) is 24.6 Å². The molecule has 1 heterocycles. The van der Waals surface area contributed by atoms with Crippen LogP contribution in [0.1, 0.15) is 30.1 Å². The molecule has 1 aliphatic rings. The van der Waals surface area contributed by atoms with Gasteiger partial charge in [-0.1, -0.05) is 31.0 Å². The van der Waals surface area contributed by atoms with Crippen molar-refractivity contribution >= 4 is 17.5 Å². The van der Waals surface area contributed by atoms with Gasteiger partial charge < -0.3 is 4.90 Å². The van der Waals surface area contributed by atoms with E-state index >= 15 is 0 Å². The molecule has 2 rings (SSSR count). The maximum absolute atomic E-state index is 12.4. The predicted molar refractivity (Wildman–Crippen MR) is 83.2 cm³/mol. The minimum atomic E-state index is -0.0292. The SMILES string of the molecule is CCCC(C#N)N1CCN(C(=O)c2cccc(Cl)c2)CC1. The Bertz CT molecular complexity index is 533. The molecule has 1 aliphatic heterocycles. The first-order valence-corrected chi connectivity index (χ1v) is 7.72. The Hall–Kier alpha value is -1.57. The molecule has 1 fully saturated rings. The van der Waals surface area contributed by atoms with Crippen LogP contribution < -0.4 is 0 Å². The monoisotopic (exact) mass is 305 g/mol. The fraction of sp³-hybridized carbons (Fsp3) is 0.500. The Kier molecular flexibility index (Phi) is 5.60. The highest BCUT2D eigenvalue weighted by Crippen LogP contribution is 2.15. The fourth-order valence-corrected chi connectivity index (χ4v) is 2.83. The molecular formula is C16H20ClN3O. The summed E-state index contributed by atoms with van der Waals surface area (Å²) >= 11 is 5.93. The highest BCUT2D eigenvalue weighted by Gasteiger charge is 2.26. The van der Waals surface area contributed by atoms with Crippen molar-refractivity contribution in [2.75, 3.05) is 26.2 Å². The van der Waals surface area contributed by atoms with Gasteiger partial charge in [0.1, 0.15) is 0 Å². The average molecular weight is 306 g/mol. The molecule has 0 saturated carbocycles. The molecule has 1 saturated heterocycles. The Labute approximate surface area is 130 Å². The van der Waals surface area contributed by atoms with E-state index in [1.807, 2.05) is 4.90 Å². The van der Waals surface area contributed by atoms with E-state index in [2.05, 4.69) is 17.9 Å². The first-order valence-electron chi connectivity index (χ1n) is 7.34. The van der Waals surface area contributed by atoms with Gasteiger partial charge in [-0.2, -0.15) is 5.26 Å². The predicted octanol–water partition coefficient (Wildman–Crippen LogP) is 2.79. The van der Waals surface area contributed by atoms with Crippen molar-refractivity contribution < 1.29 is 4.79 Å². The Morgan fingerprint density at radius 3 is 2.67 bits per heavy atom. The van der Waals surface area contributed by atoms with E-state index in [-0.39, 0.29) is 11.9 Å². The Morgan fingerprint density at radius 2 is 2.10 bits per heavy atom. The summed E-state index contributed by atoms with van der Waals surface area (Å²) in [6, 6.07) is 9.37. The van der Waals surface area contributed by atoms with Crippen molar-refractivity contribution in [1.82, 2.24) is 9.80 Å². The number of carbonyl (C=O) groups is 1. The zero-order valence-electron chi connectivity index (χ0n) is 12.3. The molecule has 4 nitrogen and oxygen atoms in total. The maximum atomic E-state index is 12.4. The molecule has 1 atom stereocenters. The summed E-state index contributed by atoms with van der Waals surface area (Å²) in [5.74, 6) is 0.0150. The van der Waals surface area contributed by atoms with E-state index in [1.165, 1.54) is 0 Å². The minimum Gasteiger partial charge on any atom is -0.336 e. The molecule has 0 aliphatic carbocycles. The number of hydrogen-bond acceptors (Lipinski definition) is 3. The lowest BCUT2D eigenvalue weighted by atomic mass is 10.1. The largest absolute Gasteiger partial charge is 0.336 e. The molecule has 1 aromatic rings. The number of hydrogen-bond donors (Lipinski definition) is 0. The number of piperazine rings is 1. The summed E-state index contributed by atoms with van der Waals surface area (Å²) in [5.41, 5.74) is 0.626. The van der Waals surface area contributed by atoms with E-state index in [9.17, 15) is 10.1 Å². The van der Waals surface area contributed by atoms with Crippen LogP contribution in [0.5, 0.6) is 0 Å². The summed E-state index contributed by atoms with van der Waals surface area (Å²) in [6.07, 6.45) is 1.89. The average Bonchev–Trinajstić information content (AvgIpc) is 2.52. The molecule has 1 aromatic carbocycles. The third-order valence-electron chi connectivity index (χ3n) is 3.82. The quantitative estimate of drug-likeness (QED) is 0.859. The molecule has 0 N–H and O–H groups in total. The lowest BCUT2D eigenvalue weighted by molar-refractivity contribution is 0.0601. The molecule has 0 radical (unpaired) electrons. The summed E-state index contributed by atoms with van der Waals surface area (Å²) in [4.78, 5) is 16.4. The normalized spacial score (nSPS) is 17.3. The van der Waals surface area contributed by atoms with Gasteiger partial charge >= 0.3 is 0 Å². The van der Waals surface area contributed by atoms with Crippen LogP contribution in [0.2, 0.25) is 5.02 Å². The highest BCUT2D eigenvalue weighted by molar-refractivity contribution is 6.30. The topological polar surface area (TPSA) is 47.3 Å². The van der Waals surface area contributed by atoms with Crippen molar-refractivity contribution in [1.29, 1.82) is 5.26 Å². The number of rotatable bonds is 4. The molecule has 0 aromatic heterocycles. The Balaban J connectivity index is 1.95. The van der Waals surface area contributed by atoms with Crippen molar-refractivity contribution in [3.05, 3.63) is 34.9 Å². The third kappa shape index (κ3) is 3.96. The lowest BCUT2D eigenvalue weighted by Gasteiger charge is -2.37. The van der Waals surface area contributed by atoms with Crippen molar-refractivity contribution in [2.45, 2.75) is 25.8 Å². The number of nitrogens with zero attached hydrogens (tertiary/aromatic N) is 3. The first-order chi connectivity index (χ1) is 10.2. The molecule has 0 bridgehead atoms. The number of carbonyl (C=O) groups excluding carboxylic acids is 1. The van der Waals surface area contributed by atoms with Crippen molar-refractivity contribution in [3.63, 3.8) is 0 Å². The maximum Gasteiger partial charge on any atom is 0.253 e. The number of nitriles is 1. The molecular weight excluding hydrogens is 286 g/mol. The molecule has 1 amide bonds. The summed E-state index contributed by atoms with van der Waals surface area (Å²) in [6.45, 7) is 4.92. The second kappa shape index (κ2) is 7.44. The summed E-state index contributed by atoms with van der Waals surface area (Å²) in [5, 5.41) is 9.78. The van der Waals surface area contributed by atoms with Gasteiger partial charge in [0.05, 0.1) is 12.1 Å². The number of benzene rings is 1. The van der Waals surface area contributed by atoms with Gasteiger partial charge in [-0.3, -0.25) is 9.69 Å². The van der Waals surface area contributed by atoms with Gasteiger partial charge in [0.2, 0.25) is 0 Å². The summed E-state index contributed by atoms with van der Waals surface area (Å²) in [7, 11) is 0. The van der Waals surface area contributed by atoms with Crippen LogP contribution in [0.4, 0.5) is 0 Å². The van der Waals surface area contributed by atoms with E-state index in [0.717, 1.165) is 25.9 Å². The highest BCUT2D eigenvalue weighted by atomic mass is 35.5.